The second kappa shape index (κ2) is 10.7. The van der Waals surface area contributed by atoms with Gasteiger partial charge in [-0.2, -0.15) is 0 Å². The molecule has 9 nitrogen and oxygen atoms in total. The van der Waals surface area contributed by atoms with Gasteiger partial charge in [0.1, 0.15) is 0 Å². The molecule has 0 spiro atoms. The minimum absolute atomic E-state index is 0.0703. The van der Waals surface area contributed by atoms with E-state index in [9.17, 15) is 14.4 Å². The lowest BCUT2D eigenvalue weighted by molar-refractivity contribution is -0.137. The van der Waals surface area contributed by atoms with Crippen molar-refractivity contribution < 1.29 is 23.5 Å². The molecule has 1 aromatic heterocycles. The highest BCUT2D eigenvalue weighted by molar-refractivity contribution is 5.91. The quantitative estimate of drug-likeness (QED) is 0.702. The Labute approximate surface area is 183 Å². The summed E-state index contributed by atoms with van der Waals surface area (Å²) in [5.74, 6) is 0.567. The van der Waals surface area contributed by atoms with Gasteiger partial charge in [-0.1, -0.05) is 13.8 Å². The Bertz CT molecular complexity index is 743. The van der Waals surface area contributed by atoms with Gasteiger partial charge in [0.2, 0.25) is 5.91 Å². The Morgan fingerprint density at radius 3 is 2.26 bits per heavy atom. The van der Waals surface area contributed by atoms with E-state index >= 15 is 0 Å². The van der Waals surface area contributed by atoms with Crippen LogP contribution in [0.1, 0.15) is 37.7 Å². The predicted octanol–water partition coefficient (Wildman–Crippen LogP) is 1.75. The van der Waals surface area contributed by atoms with E-state index in [0.717, 1.165) is 13.0 Å². The van der Waals surface area contributed by atoms with Gasteiger partial charge in [0, 0.05) is 52.4 Å². The first-order valence-electron chi connectivity index (χ1n) is 11.1. The molecular weight excluding hydrogens is 400 g/mol. The van der Waals surface area contributed by atoms with Gasteiger partial charge in [-0.25, -0.2) is 4.79 Å². The number of hydrogen-bond acceptors (Lipinski definition) is 6. The molecule has 9 heteroatoms. The topological polar surface area (TPSA) is 86.5 Å². The second-order valence-corrected chi connectivity index (χ2v) is 8.62. The van der Waals surface area contributed by atoms with Crippen LogP contribution in [0.5, 0.6) is 0 Å². The number of carbonyl (C=O) groups excluding carboxylic acids is 3. The van der Waals surface area contributed by atoms with Gasteiger partial charge in [0.15, 0.2) is 5.76 Å². The Kier molecular flexibility index (Phi) is 7.95. The smallest absolute Gasteiger partial charge is 0.409 e. The summed E-state index contributed by atoms with van der Waals surface area (Å²) in [6.07, 6.45) is 2.02. The van der Waals surface area contributed by atoms with Crippen molar-refractivity contribution >= 4 is 17.9 Å². The molecule has 3 rings (SSSR count). The zero-order valence-corrected chi connectivity index (χ0v) is 18.8. The van der Waals surface area contributed by atoms with E-state index < -0.39 is 0 Å². The van der Waals surface area contributed by atoms with Crippen molar-refractivity contribution in [1.29, 1.82) is 0 Å². The molecule has 0 bridgehead atoms. The zero-order chi connectivity index (χ0) is 22.4. The zero-order valence-electron chi connectivity index (χ0n) is 18.8. The summed E-state index contributed by atoms with van der Waals surface area (Å²) in [5, 5.41) is 0. The van der Waals surface area contributed by atoms with Crippen LogP contribution in [0.25, 0.3) is 0 Å². The van der Waals surface area contributed by atoms with Gasteiger partial charge >= 0.3 is 6.09 Å². The molecular formula is C22H34N4O5. The van der Waals surface area contributed by atoms with Gasteiger partial charge in [-0.05, 0) is 31.4 Å². The third-order valence-corrected chi connectivity index (χ3v) is 5.84. The Morgan fingerprint density at radius 2 is 1.61 bits per heavy atom. The highest BCUT2D eigenvalue weighted by Crippen LogP contribution is 2.14. The van der Waals surface area contributed by atoms with Crippen LogP contribution in [0.2, 0.25) is 0 Å². The van der Waals surface area contributed by atoms with Crippen molar-refractivity contribution in [2.45, 2.75) is 33.2 Å². The molecule has 0 aliphatic carbocycles. The maximum Gasteiger partial charge on any atom is 0.409 e. The molecule has 31 heavy (non-hydrogen) atoms. The van der Waals surface area contributed by atoms with E-state index in [1.165, 1.54) is 6.26 Å². The Balaban J connectivity index is 1.47. The molecule has 0 saturated carbocycles. The first-order chi connectivity index (χ1) is 14.9. The number of furan rings is 1. The minimum Gasteiger partial charge on any atom is -0.459 e. The number of ether oxygens (including phenoxy) is 1. The van der Waals surface area contributed by atoms with E-state index in [4.69, 9.17) is 9.15 Å². The van der Waals surface area contributed by atoms with Crippen molar-refractivity contribution in [2.75, 3.05) is 59.0 Å². The monoisotopic (exact) mass is 434 g/mol. The SMILES string of the molecule is CC(C)COC(=O)N1CCCN(C(C)C(=O)N2CCN(C(=O)c3ccco3)CC2)CC1. The summed E-state index contributed by atoms with van der Waals surface area (Å²) in [6, 6.07) is 3.09. The summed E-state index contributed by atoms with van der Waals surface area (Å²) < 4.78 is 10.5. The van der Waals surface area contributed by atoms with Crippen LogP contribution < -0.4 is 0 Å². The molecule has 3 heterocycles. The molecule has 0 aromatic carbocycles. The number of rotatable bonds is 5. The first-order valence-corrected chi connectivity index (χ1v) is 11.1. The number of hydrogen-bond donors (Lipinski definition) is 0. The summed E-state index contributed by atoms with van der Waals surface area (Å²) in [4.78, 5) is 45.1. The summed E-state index contributed by atoms with van der Waals surface area (Å²) in [5.41, 5.74) is 0. The predicted molar refractivity (Wildman–Crippen MR) is 115 cm³/mol. The van der Waals surface area contributed by atoms with E-state index in [0.29, 0.717) is 64.1 Å². The Hall–Kier alpha value is -2.55. The van der Waals surface area contributed by atoms with Crippen LogP contribution in [-0.2, 0) is 9.53 Å². The molecule has 1 unspecified atom stereocenters. The molecule has 2 aliphatic heterocycles. The lowest BCUT2D eigenvalue weighted by Crippen LogP contribution is -2.55. The van der Waals surface area contributed by atoms with Crippen LogP contribution in [0.3, 0.4) is 0 Å². The molecule has 2 aliphatic rings. The number of piperazine rings is 1. The van der Waals surface area contributed by atoms with Crippen LogP contribution in [0.4, 0.5) is 4.79 Å². The van der Waals surface area contributed by atoms with E-state index in [1.54, 1.807) is 21.9 Å². The molecule has 3 amide bonds. The number of carbonyl (C=O) groups is 3. The van der Waals surface area contributed by atoms with Crippen molar-refractivity contribution in [2.24, 2.45) is 5.92 Å². The highest BCUT2D eigenvalue weighted by Gasteiger charge is 2.32. The van der Waals surface area contributed by atoms with Gasteiger partial charge < -0.3 is 23.9 Å². The molecule has 1 atom stereocenters. The summed E-state index contributed by atoms with van der Waals surface area (Å²) in [7, 11) is 0. The standard InChI is InChI=1S/C22H34N4O5/c1-17(2)16-31-22(29)26-8-5-7-23(9-14-26)18(3)20(27)24-10-12-25(13-11-24)21(28)19-6-4-15-30-19/h4,6,15,17-18H,5,7-14,16H2,1-3H3. The minimum atomic E-state index is -0.271. The maximum atomic E-state index is 13.1. The lowest BCUT2D eigenvalue weighted by atomic mass is 10.2. The molecule has 1 aromatic rings. The largest absolute Gasteiger partial charge is 0.459 e. The fourth-order valence-corrected chi connectivity index (χ4v) is 3.94. The molecule has 2 fully saturated rings. The number of amides is 3. The molecule has 0 N–H and O–H groups in total. The molecule has 0 radical (unpaired) electrons. The average Bonchev–Trinajstić information content (AvgIpc) is 3.20. The van der Waals surface area contributed by atoms with Crippen molar-refractivity contribution in [1.82, 2.24) is 19.6 Å². The number of nitrogens with zero attached hydrogens (tertiary/aromatic N) is 4. The molecule has 2 saturated heterocycles. The second-order valence-electron chi connectivity index (χ2n) is 8.62. The van der Waals surface area contributed by atoms with Gasteiger partial charge in [0.05, 0.1) is 18.9 Å². The molecule has 172 valence electrons. The van der Waals surface area contributed by atoms with Crippen molar-refractivity contribution in [3.63, 3.8) is 0 Å². The van der Waals surface area contributed by atoms with Gasteiger partial charge in [0.25, 0.3) is 5.91 Å². The average molecular weight is 435 g/mol. The third kappa shape index (κ3) is 6.00. The fraction of sp³-hybridized carbons (Fsp3) is 0.682. The summed E-state index contributed by atoms with van der Waals surface area (Å²) >= 11 is 0. The van der Waals surface area contributed by atoms with Crippen molar-refractivity contribution in [3.05, 3.63) is 24.2 Å². The van der Waals surface area contributed by atoms with Gasteiger partial charge in [-0.3, -0.25) is 14.5 Å². The Morgan fingerprint density at radius 1 is 0.935 bits per heavy atom. The van der Waals surface area contributed by atoms with Crippen molar-refractivity contribution in [3.8, 4) is 0 Å². The highest BCUT2D eigenvalue weighted by atomic mass is 16.6. The first kappa shape index (κ1) is 23.1. The maximum absolute atomic E-state index is 13.1. The normalized spacial score (nSPS) is 19.3. The third-order valence-electron chi connectivity index (χ3n) is 5.84. The van der Waals surface area contributed by atoms with Crippen LogP contribution in [0.15, 0.2) is 22.8 Å². The summed E-state index contributed by atoms with van der Waals surface area (Å²) in [6.45, 7) is 11.0. The van der Waals surface area contributed by atoms with E-state index in [-0.39, 0.29) is 23.9 Å². The van der Waals surface area contributed by atoms with Crippen LogP contribution in [0, 0.1) is 5.92 Å². The van der Waals surface area contributed by atoms with Crippen LogP contribution in [-0.4, -0.2) is 103 Å². The fourth-order valence-electron chi connectivity index (χ4n) is 3.94. The van der Waals surface area contributed by atoms with E-state index in [2.05, 4.69) is 4.90 Å². The van der Waals surface area contributed by atoms with Gasteiger partial charge in [-0.15, -0.1) is 0 Å². The lowest BCUT2D eigenvalue weighted by Gasteiger charge is -2.37. The van der Waals surface area contributed by atoms with Crippen LogP contribution >= 0.6 is 0 Å². The van der Waals surface area contributed by atoms with E-state index in [1.807, 2.05) is 25.7 Å².